The number of nitrogens with zero attached hydrogens (tertiary/aromatic N) is 4. The van der Waals surface area contributed by atoms with Crippen molar-refractivity contribution < 1.29 is 4.79 Å². The molecule has 2 heterocycles. The average molecular weight is 425 g/mol. The Morgan fingerprint density at radius 2 is 1.83 bits per heavy atom. The summed E-state index contributed by atoms with van der Waals surface area (Å²) in [5.74, 6) is 0.991. The average Bonchev–Trinajstić information content (AvgIpc) is 3.09. The molecule has 1 fully saturated rings. The number of piperidine rings is 1. The molecule has 2 aromatic carbocycles. The molecular formula is C23H25ClN4O2. The maximum absolute atomic E-state index is 12.8. The van der Waals surface area contributed by atoms with E-state index in [0.29, 0.717) is 36.8 Å². The lowest BCUT2D eigenvalue weighted by Crippen LogP contribution is -2.38. The number of rotatable bonds is 5. The number of likely N-dealkylation sites (tertiary alicyclic amines) is 1. The van der Waals surface area contributed by atoms with Gasteiger partial charge in [-0.05, 0) is 43.5 Å². The van der Waals surface area contributed by atoms with E-state index in [1.807, 2.05) is 42.2 Å². The molecule has 3 aromatic rings. The number of carbonyl (C=O) groups excluding carboxylic acids is 1. The molecule has 1 aliphatic heterocycles. The Hall–Kier alpha value is -2.86. The van der Waals surface area contributed by atoms with Crippen molar-refractivity contribution in [2.75, 3.05) is 13.1 Å². The molecule has 0 aliphatic carbocycles. The topological polar surface area (TPSA) is 60.1 Å². The second-order valence-electron chi connectivity index (χ2n) is 7.61. The summed E-state index contributed by atoms with van der Waals surface area (Å²) >= 11 is 6.03. The van der Waals surface area contributed by atoms with Crippen molar-refractivity contribution in [2.24, 2.45) is 0 Å². The van der Waals surface area contributed by atoms with E-state index in [1.165, 1.54) is 0 Å². The van der Waals surface area contributed by atoms with Crippen molar-refractivity contribution in [1.29, 1.82) is 0 Å². The monoisotopic (exact) mass is 424 g/mol. The summed E-state index contributed by atoms with van der Waals surface area (Å²) in [7, 11) is 0. The summed E-state index contributed by atoms with van der Waals surface area (Å²) in [4.78, 5) is 27.5. The van der Waals surface area contributed by atoms with Gasteiger partial charge in [0.25, 0.3) is 5.91 Å². The zero-order chi connectivity index (χ0) is 21.1. The Kier molecular flexibility index (Phi) is 6.04. The predicted octanol–water partition coefficient (Wildman–Crippen LogP) is 3.79. The molecule has 0 radical (unpaired) electrons. The Morgan fingerprint density at radius 1 is 1.10 bits per heavy atom. The fourth-order valence-corrected chi connectivity index (χ4v) is 4.25. The highest BCUT2D eigenvalue weighted by atomic mass is 35.5. The standard InChI is InChI=1S/C23H25ClN4O2/c1-2-27-21(25-28(23(27)30)16-17-7-4-3-5-8-17)18-11-13-26(14-12-18)22(29)19-9-6-10-20(24)15-19/h3-10,15,18H,2,11-14,16H2,1H3. The molecule has 1 aliphatic rings. The first-order chi connectivity index (χ1) is 14.6. The van der Waals surface area contributed by atoms with Crippen molar-refractivity contribution in [3.63, 3.8) is 0 Å². The molecule has 1 aromatic heterocycles. The third-order valence-electron chi connectivity index (χ3n) is 5.66. The van der Waals surface area contributed by atoms with Gasteiger partial charge in [0.05, 0.1) is 6.54 Å². The van der Waals surface area contributed by atoms with Gasteiger partial charge >= 0.3 is 5.69 Å². The Morgan fingerprint density at radius 3 is 2.50 bits per heavy atom. The van der Waals surface area contributed by atoms with Gasteiger partial charge in [-0.1, -0.05) is 48.0 Å². The molecule has 0 atom stereocenters. The van der Waals surface area contributed by atoms with Crippen LogP contribution in [0.2, 0.25) is 5.02 Å². The lowest BCUT2D eigenvalue weighted by atomic mass is 9.95. The van der Waals surface area contributed by atoms with Gasteiger partial charge in [0.15, 0.2) is 0 Å². The third kappa shape index (κ3) is 4.19. The van der Waals surface area contributed by atoms with Gasteiger partial charge in [0.2, 0.25) is 0 Å². The van der Waals surface area contributed by atoms with Crippen LogP contribution in [-0.2, 0) is 13.1 Å². The molecule has 0 bridgehead atoms. The molecule has 0 unspecified atom stereocenters. The summed E-state index contributed by atoms with van der Waals surface area (Å²) in [6, 6.07) is 16.9. The van der Waals surface area contributed by atoms with E-state index in [-0.39, 0.29) is 17.5 Å². The largest absolute Gasteiger partial charge is 0.346 e. The van der Waals surface area contributed by atoms with E-state index in [4.69, 9.17) is 11.6 Å². The first kappa shape index (κ1) is 20.4. The first-order valence-electron chi connectivity index (χ1n) is 10.3. The number of carbonyl (C=O) groups is 1. The van der Waals surface area contributed by atoms with Gasteiger partial charge in [0, 0.05) is 36.1 Å². The summed E-state index contributed by atoms with van der Waals surface area (Å²) in [5.41, 5.74) is 1.58. The first-order valence-corrected chi connectivity index (χ1v) is 10.7. The molecule has 0 N–H and O–H groups in total. The molecule has 6 nitrogen and oxygen atoms in total. The van der Waals surface area contributed by atoms with Crippen LogP contribution in [0.3, 0.4) is 0 Å². The molecule has 0 saturated carbocycles. The summed E-state index contributed by atoms with van der Waals surface area (Å²) < 4.78 is 3.32. The molecule has 1 saturated heterocycles. The van der Waals surface area contributed by atoms with Gasteiger partial charge in [-0.3, -0.25) is 9.36 Å². The van der Waals surface area contributed by atoms with Crippen molar-refractivity contribution in [1.82, 2.24) is 19.2 Å². The Labute approximate surface area is 180 Å². The molecular weight excluding hydrogens is 400 g/mol. The van der Waals surface area contributed by atoms with Gasteiger partial charge in [-0.15, -0.1) is 0 Å². The minimum atomic E-state index is -0.0752. The molecule has 4 rings (SSSR count). The lowest BCUT2D eigenvalue weighted by molar-refractivity contribution is 0.0710. The fourth-order valence-electron chi connectivity index (χ4n) is 4.06. The van der Waals surface area contributed by atoms with Crippen molar-refractivity contribution >= 4 is 17.5 Å². The predicted molar refractivity (Wildman–Crippen MR) is 117 cm³/mol. The summed E-state index contributed by atoms with van der Waals surface area (Å²) in [6.07, 6.45) is 1.57. The zero-order valence-corrected chi connectivity index (χ0v) is 17.8. The van der Waals surface area contributed by atoms with E-state index < -0.39 is 0 Å². The van der Waals surface area contributed by atoms with Crippen LogP contribution in [0.1, 0.15) is 47.4 Å². The van der Waals surface area contributed by atoms with Crippen molar-refractivity contribution in [3.8, 4) is 0 Å². The summed E-state index contributed by atoms with van der Waals surface area (Å²) in [6.45, 7) is 4.30. The number of benzene rings is 2. The van der Waals surface area contributed by atoms with E-state index in [1.54, 1.807) is 33.5 Å². The summed E-state index contributed by atoms with van der Waals surface area (Å²) in [5, 5.41) is 5.25. The number of aromatic nitrogens is 3. The fraction of sp³-hybridized carbons (Fsp3) is 0.348. The molecule has 0 spiro atoms. The van der Waals surface area contributed by atoms with Crippen LogP contribution in [0.4, 0.5) is 0 Å². The normalized spacial score (nSPS) is 14.8. The number of halogens is 1. The second kappa shape index (κ2) is 8.88. The molecule has 7 heteroatoms. The van der Waals surface area contributed by atoms with Crippen molar-refractivity contribution in [3.05, 3.63) is 87.1 Å². The van der Waals surface area contributed by atoms with Crippen molar-refractivity contribution in [2.45, 2.75) is 38.8 Å². The van der Waals surface area contributed by atoms with Crippen LogP contribution >= 0.6 is 11.6 Å². The van der Waals surface area contributed by atoms with Gasteiger partial charge in [0.1, 0.15) is 5.82 Å². The maximum Gasteiger partial charge on any atom is 0.346 e. The molecule has 156 valence electrons. The van der Waals surface area contributed by atoms with E-state index in [9.17, 15) is 9.59 Å². The van der Waals surface area contributed by atoms with Crippen LogP contribution in [0, 0.1) is 0 Å². The highest BCUT2D eigenvalue weighted by Gasteiger charge is 2.28. The van der Waals surface area contributed by atoms with E-state index in [2.05, 4.69) is 5.10 Å². The Balaban J connectivity index is 1.48. The number of hydrogen-bond acceptors (Lipinski definition) is 3. The highest BCUT2D eigenvalue weighted by molar-refractivity contribution is 6.30. The minimum Gasteiger partial charge on any atom is -0.339 e. The van der Waals surface area contributed by atoms with Crippen LogP contribution in [0.15, 0.2) is 59.4 Å². The Bertz CT molecular complexity index is 1080. The van der Waals surface area contributed by atoms with Crippen LogP contribution in [0.5, 0.6) is 0 Å². The van der Waals surface area contributed by atoms with Crippen LogP contribution in [0.25, 0.3) is 0 Å². The second-order valence-corrected chi connectivity index (χ2v) is 8.04. The molecule has 1 amide bonds. The quantitative estimate of drug-likeness (QED) is 0.626. The molecule has 30 heavy (non-hydrogen) atoms. The smallest absolute Gasteiger partial charge is 0.339 e. The van der Waals surface area contributed by atoms with E-state index in [0.717, 1.165) is 24.2 Å². The van der Waals surface area contributed by atoms with Crippen LogP contribution < -0.4 is 5.69 Å². The number of amides is 1. The lowest BCUT2D eigenvalue weighted by Gasteiger charge is -2.31. The highest BCUT2D eigenvalue weighted by Crippen LogP contribution is 2.27. The van der Waals surface area contributed by atoms with Gasteiger partial charge < -0.3 is 4.90 Å². The van der Waals surface area contributed by atoms with Crippen LogP contribution in [-0.4, -0.2) is 38.2 Å². The third-order valence-corrected chi connectivity index (χ3v) is 5.90. The van der Waals surface area contributed by atoms with Gasteiger partial charge in [-0.2, -0.15) is 5.10 Å². The minimum absolute atomic E-state index is 0.00145. The van der Waals surface area contributed by atoms with Gasteiger partial charge in [-0.25, -0.2) is 9.48 Å². The zero-order valence-electron chi connectivity index (χ0n) is 17.0. The SMILES string of the molecule is CCn1c(C2CCN(C(=O)c3cccc(Cl)c3)CC2)nn(Cc2ccccc2)c1=O. The van der Waals surface area contributed by atoms with E-state index >= 15 is 0 Å². The number of hydrogen-bond donors (Lipinski definition) is 0. The maximum atomic E-state index is 12.8.